The number of rotatable bonds is 5. The Morgan fingerprint density at radius 1 is 1.29 bits per heavy atom. The summed E-state index contributed by atoms with van der Waals surface area (Å²) >= 11 is 1.54. The quantitative estimate of drug-likeness (QED) is 0.883. The Kier molecular flexibility index (Phi) is 6.27. The lowest BCUT2D eigenvalue weighted by Crippen LogP contribution is -2.51. The number of hydrogen-bond donors (Lipinski definition) is 1. The van der Waals surface area contributed by atoms with E-state index in [0.717, 1.165) is 55.2 Å². The van der Waals surface area contributed by atoms with Crippen molar-refractivity contribution < 1.29 is 14.6 Å². The van der Waals surface area contributed by atoms with Crippen molar-refractivity contribution in [1.82, 2.24) is 9.80 Å². The van der Waals surface area contributed by atoms with Crippen LogP contribution in [0.15, 0.2) is 12.1 Å². The Hall–Kier alpha value is -0.950. The van der Waals surface area contributed by atoms with Gasteiger partial charge in [0, 0.05) is 37.7 Å². The average Bonchev–Trinajstić information content (AvgIpc) is 3.10. The molecule has 0 spiro atoms. The van der Waals surface area contributed by atoms with Crippen LogP contribution in [0.25, 0.3) is 0 Å². The molecule has 1 unspecified atom stereocenters. The number of aliphatic hydroxyl groups excluding tert-OH is 1. The molecule has 0 aliphatic carbocycles. The first-order chi connectivity index (χ1) is 11.7. The highest BCUT2D eigenvalue weighted by molar-refractivity contribution is 7.14. The predicted octanol–water partition coefficient (Wildman–Crippen LogP) is 2.20. The first kappa shape index (κ1) is 17.9. The lowest BCUT2D eigenvalue weighted by Gasteiger charge is -2.42. The molecule has 2 aliphatic heterocycles. The van der Waals surface area contributed by atoms with E-state index in [2.05, 4.69) is 4.90 Å². The smallest absolute Gasteiger partial charge is 0.263 e. The minimum atomic E-state index is 0.164. The number of piperidine rings is 2. The van der Waals surface area contributed by atoms with Crippen LogP contribution in [0.5, 0.6) is 0 Å². The standard InChI is InChI=1S/C18H28N2O3S/c1-23-13-16-4-5-17(24-16)18(22)20-8-2-3-15(11-20)19-9-6-14(12-21)7-10-19/h4-5,14-15,21H,2-3,6-13H2,1H3. The number of carbonyl (C=O) groups excluding carboxylic acids is 1. The molecule has 24 heavy (non-hydrogen) atoms. The largest absolute Gasteiger partial charge is 0.396 e. The maximum Gasteiger partial charge on any atom is 0.263 e. The number of likely N-dealkylation sites (tertiary alicyclic amines) is 2. The van der Waals surface area contributed by atoms with Crippen molar-refractivity contribution in [3.63, 3.8) is 0 Å². The van der Waals surface area contributed by atoms with Crippen LogP contribution >= 0.6 is 11.3 Å². The minimum absolute atomic E-state index is 0.164. The van der Waals surface area contributed by atoms with Gasteiger partial charge in [0.1, 0.15) is 0 Å². The molecule has 2 saturated heterocycles. The molecular formula is C18H28N2O3S. The van der Waals surface area contributed by atoms with Crippen molar-refractivity contribution in [1.29, 1.82) is 0 Å². The number of aliphatic hydroxyl groups is 1. The summed E-state index contributed by atoms with van der Waals surface area (Å²) in [6, 6.07) is 4.39. The maximum atomic E-state index is 12.8. The summed E-state index contributed by atoms with van der Waals surface area (Å²) in [5.74, 6) is 0.630. The molecule has 1 amide bonds. The molecule has 6 heteroatoms. The summed E-state index contributed by atoms with van der Waals surface area (Å²) < 4.78 is 5.14. The van der Waals surface area contributed by atoms with Gasteiger partial charge in [-0.25, -0.2) is 0 Å². The lowest BCUT2D eigenvalue weighted by atomic mass is 9.94. The SMILES string of the molecule is COCc1ccc(C(=O)N2CCCC(N3CCC(CO)CC3)C2)s1. The molecule has 1 aromatic rings. The normalized spacial score (nSPS) is 23.6. The van der Waals surface area contributed by atoms with Crippen LogP contribution in [-0.4, -0.2) is 66.8 Å². The molecule has 0 bridgehead atoms. The third kappa shape index (κ3) is 4.17. The second-order valence-electron chi connectivity index (χ2n) is 6.91. The Labute approximate surface area is 148 Å². The van der Waals surface area contributed by atoms with Crippen LogP contribution in [0.1, 0.15) is 40.2 Å². The third-order valence-corrected chi connectivity index (χ3v) is 6.31. The Balaban J connectivity index is 1.57. The molecule has 0 aromatic carbocycles. The summed E-state index contributed by atoms with van der Waals surface area (Å²) in [5, 5.41) is 9.29. The number of methoxy groups -OCH3 is 1. The van der Waals surface area contributed by atoms with Gasteiger partial charge in [0.15, 0.2) is 0 Å². The number of hydrogen-bond acceptors (Lipinski definition) is 5. The van der Waals surface area contributed by atoms with Crippen molar-refractivity contribution in [3.05, 3.63) is 21.9 Å². The molecule has 1 N–H and O–H groups in total. The van der Waals surface area contributed by atoms with Crippen LogP contribution in [0.3, 0.4) is 0 Å². The second-order valence-corrected chi connectivity index (χ2v) is 8.08. The van der Waals surface area contributed by atoms with Crippen LogP contribution in [0, 0.1) is 5.92 Å². The van der Waals surface area contributed by atoms with E-state index in [9.17, 15) is 9.90 Å². The Morgan fingerprint density at radius 2 is 2.08 bits per heavy atom. The zero-order valence-corrected chi connectivity index (χ0v) is 15.3. The number of ether oxygens (including phenoxy) is 1. The second kappa shape index (κ2) is 8.43. The maximum absolute atomic E-state index is 12.8. The van der Waals surface area contributed by atoms with Crippen molar-refractivity contribution in [2.45, 2.75) is 38.3 Å². The van der Waals surface area contributed by atoms with Gasteiger partial charge >= 0.3 is 0 Å². The fourth-order valence-corrected chi connectivity index (χ4v) is 4.75. The number of nitrogens with zero attached hydrogens (tertiary/aromatic N) is 2. The molecule has 2 fully saturated rings. The molecule has 134 valence electrons. The molecule has 0 radical (unpaired) electrons. The highest BCUT2D eigenvalue weighted by Crippen LogP contribution is 2.25. The highest BCUT2D eigenvalue weighted by atomic mass is 32.1. The van der Waals surface area contributed by atoms with E-state index in [1.807, 2.05) is 17.0 Å². The number of thiophene rings is 1. The molecule has 2 aliphatic rings. The van der Waals surface area contributed by atoms with Gasteiger partial charge in [-0.15, -0.1) is 11.3 Å². The first-order valence-corrected chi connectivity index (χ1v) is 9.74. The van der Waals surface area contributed by atoms with E-state index < -0.39 is 0 Å². The van der Waals surface area contributed by atoms with E-state index in [4.69, 9.17) is 4.74 Å². The summed E-state index contributed by atoms with van der Waals surface area (Å²) in [6.07, 6.45) is 4.40. The molecule has 1 aromatic heterocycles. The van der Waals surface area contributed by atoms with E-state index in [-0.39, 0.29) is 5.91 Å². The number of amides is 1. The number of carbonyl (C=O) groups is 1. The fraction of sp³-hybridized carbons (Fsp3) is 0.722. The summed E-state index contributed by atoms with van der Waals surface area (Å²) in [4.78, 5) is 19.3. The highest BCUT2D eigenvalue weighted by Gasteiger charge is 2.31. The van der Waals surface area contributed by atoms with Crippen LogP contribution in [-0.2, 0) is 11.3 Å². The van der Waals surface area contributed by atoms with Gasteiger partial charge in [0.05, 0.1) is 11.5 Å². The van der Waals surface area contributed by atoms with Gasteiger partial charge in [0.2, 0.25) is 0 Å². The Morgan fingerprint density at radius 3 is 2.79 bits per heavy atom. The van der Waals surface area contributed by atoms with Gasteiger partial charge in [0.25, 0.3) is 5.91 Å². The zero-order chi connectivity index (χ0) is 16.9. The molecule has 3 rings (SSSR count). The van der Waals surface area contributed by atoms with Gasteiger partial charge in [-0.05, 0) is 56.8 Å². The predicted molar refractivity (Wildman–Crippen MR) is 95.3 cm³/mol. The van der Waals surface area contributed by atoms with Crippen LogP contribution < -0.4 is 0 Å². The Bertz CT molecular complexity index is 540. The van der Waals surface area contributed by atoms with Crippen molar-refractivity contribution in [2.24, 2.45) is 5.92 Å². The van der Waals surface area contributed by atoms with E-state index in [0.29, 0.717) is 25.2 Å². The van der Waals surface area contributed by atoms with Crippen molar-refractivity contribution >= 4 is 17.2 Å². The van der Waals surface area contributed by atoms with Crippen LogP contribution in [0.2, 0.25) is 0 Å². The molecule has 0 saturated carbocycles. The summed E-state index contributed by atoms with van der Waals surface area (Å²) in [6.45, 7) is 4.68. The van der Waals surface area contributed by atoms with Gasteiger partial charge in [-0.1, -0.05) is 0 Å². The third-order valence-electron chi connectivity index (χ3n) is 5.27. The van der Waals surface area contributed by atoms with Crippen LogP contribution in [0.4, 0.5) is 0 Å². The zero-order valence-electron chi connectivity index (χ0n) is 14.4. The van der Waals surface area contributed by atoms with Gasteiger partial charge < -0.3 is 14.7 Å². The molecular weight excluding hydrogens is 324 g/mol. The average molecular weight is 353 g/mol. The topological polar surface area (TPSA) is 53.0 Å². The molecule has 1 atom stereocenters. The molecule has 3 heterocycles. The van der Waals surface area contributed by atoms with Crippen molar-refractivity contribution in [3.8, 4) is 0 Å². The summed E-state index contributed by atoms with van der Waals surface area (Å²) in [7, 11) is 1.68. The van der Waals surface area contributed by atoms with E-state index >= 15 is 0 Å². The molecule has 5 nitrogen and oxygen atoms in total. The van der Waals surface area contributed by atoms with Gasteiger partial charge in [-0.3, -0.25) is 9.69 Å². The first-order valence-electron chi connectivity index (χ1n) is 8.93. The van der Waals surface area contributed by atoms with Crippen molar-refractivity contribution in [2.75, 3.05) is 39.9 Å². The monoisotopic (exact) mass is 352 g/mol. The minimum Gasteiger partial charge on any atom is -0.396 e. The van der Waals surface area contributed by atoms with Gasteiger partial charge in [-0.2, -0.15) is 0 Å². The van der Waals surface area contributed by atoms with E-state index in [1.54, 1.807) is 18.4 Å². The fourth-order valence-electron chi connectivity index (χ4n) is 3.81. The lowest BCUT2D eigenvalue weighted by molar-refractivity contribution is 0.0449. The van der Waals surface area contributed by atoms with E-state index in [1.165, 1.54) is 6.42 Å². The summed E-state index contributed by atoms with van der Waals surface area (Å²) in [5.41, 5.74) is 0.